The van der Waals surface area contributed by atoms with E-state index in [9.17, 15) is 39.0 Å². The van der Waals surface area contributed by atoms with Crippen molar-refractivity contribution in [2.45, 2.75) is 69.3 Å². The molecule has 14 heteroatoms. The number of carbonyl (C=O) groups excluding carboxylic acids is 4. The highest BCUT2D eigenvalue weighted by atomic mass is 16.4. The van der Waals surface area contributed by atoms with Crippen molar-refractivity contribution in [1.82, 2.24) is 16.0 Å². The quantitative estimate of drug-likeness (QED) is 0.114. The number of nitrogens with one attached hydrogen (secondary N) is 3. The summed E-state index contributed by atoms with van der Waals surface area (Å²) in [5, 5.41) is 34.9. The molecule has 1 rings (SSSR count). The molecule has 0 aliphatic carbocycles. The van der Waals surface area contributed by atoms with Crippen LogP contribution in [0.3, 0.4) is 0 Å². The molecule has 1 aromatic rings. The SMILES string of the molecule is CC(O)C(N)C(=O)NC(Cc1ccccc1)C(=O)NC(CCC(=O)O)C(=O)NC(CCC(N)=O)C(=O)O. The molecule has 37 heavy (non-hydrogen) atoms. The fourth-order valence-electron chi connectivity index (χ4n) is 3.17. The van der Waals surface area contributed by atoms with Gasteiger partial charge in [-0.3, -0.25) is 24.0 Å². The maximum absolute atomic E-state index is 13.1. The molecule has 4 amide bonds. The Balaban J connectivity index is 3.13. The average molecular weight is 524 g/mol. The Morgan fingerprint density at radius 1 is 0.811 bits per heavy atom. The predicted octanol–water partition coefficient (Wildman–Crippen LogP) is -2.39. The molecule has 1 aromatic carbocycles. The summed E-state index contributed by atoms with van der Waals surface area (Å²) in [5.74, 6) is -6.23. The first-order chi connectivity index (χ1) is 17.3. The van der Waals surface area contributed by atoms with Crippen molar-refractivity contribution < 1.29 is 44.1 Å². The molecule has 0 aliphatic rings. The molecule has 0 aliphatic heterocycles. The van der Waals surface area contributed by atoms with E-state index in [0.717, 1.165) is 0 Å². The van der Waals surface area contributed by atoms with Crippen LogP contribution in [0.25, 0.3) is 0 Å². The van der Waals surface area contributed by atoms with Crippen molar-refractivity contribution in [2.24, 2.45) is 11.5 Å². The summed E-state index contributed by atoms with van der Waals surface area (Å²) in [7, 11) is 0. The van der Waals surface area contributed by atoms with Gasteiger partial charge in [-0.05, 0) is 25.3 Å². The Hall–Kier alpha value is -4.04. The smallest absolute Gasteiger partial charge is 0.326 e. The molecule has 14 nitrogen and oxygen atoms in total. The molecule has 0 heterocycles. The highest BCUT2D eigenvalue weighted by Gasteiger charge is 2.31. The average Bonchev–Trinajstić information content (AvgIpc) is 2.83. The molecule has 0 spiro atoms. The van der Waals surface area contributed by atoms with Crippen LogP contribution in [0.5, 0.6) is 0 Å². The van der Waals surface area contributed by atoms with Crippen LogP contribution < -0.4 is 27.4 Å². The number of primary amides is 1. The van der Waals surface area contributed by atoms with E-state index in [1.54, 1.807) is 30.3 Å². The second kappa shape index (κ2) is 15.2. The summed E-state index contributed by atoms with van der Waals surface area (Å²) in [6.45, 7) is 1.29. The van der Waals surface area contributed by atoms with Crippen molar-refractivity contribution in [3.63, 3.8) is 0 Å². The summed E-state index contributed by atoms with van der Waals surface area (Å²) < 4.78 is 0. The molecular weight excluding hydrogens is 490 g/mol. The van der Waals surface area contributed by atoms with E-state index < -0.39 is 78.7 Å². The minimum Gasteiger partial charge on any atom is -0.481 e. The lowest BCUT2D eigenvalue weighted by Gasteiger charge is -2.25. The van der Waals surface area contributed by atoms with Gasteiger partial charge in [0.2, 0.25) is 23.6 Å². The van der Waals surface area contributed by atoms with E-state index >= 15 is 0 Å². The molecular formula is C23H33N5O9. The lowest BCUT2D eigenvalue weighted by atomic mass is 10.0. The van der Waals surface area contributed by atoms with Gasteiger partial charge in [-0.1, -0.05) is 30.3 Å². The van der Waals surface area contributed by atoms with Gasteiger partial charge in [0.25, 0.3) is 0 Å². The number of carbonyl (C=O) groups is 6. The van der Waals surface area contributed by atoms with E-state index in [-0.39, 0.29) is 19.3 Å². The number of carboxylic acids is 2. The van der Waals surface area contributed by atoms with E-state index in [4.69, 9.17) is 16.6 Å². The zero-order valence-corrected chi connectivity index (χ0v) is 20.3. The lowest BCUT2D eigenvalue weighted by molar-refractivity contribution is -0.143. The van der Waals surface area contributed by atoms with Crippen molar-refractivity contribution in [3.8, 4) is 0 Å². The predicted molar refractivity (Wildman–Crippen MR) is 129 cm³/mol. The third kappa shape index (κ3) is 11.5. The number of hydrogen-bond acceptors (Lipinski definition) is 8. The minimum absolute atomic E-state index is 0.0332. The van der Waals surface area contributed by atoms with E-state index in [1.807, 2.05) is 0 Å². The fourth-order valence-corrected chi connectivity index (χ4v) is 3.17. The zero-order valence-electron chi connectivity index (χ0n) is 20.3. The normalized spacial score (nSPS) is 14.8. The maximum atomic E-state index is 13.1. The lowest BCUT2D eigenvalue weighted by Crippen LogP contribution is -2.58. The Labute approximate surface area is 212 Å². The van der Waals surface area contributed by atoms with Gasteiger partial charge in [-0.15, -0.1) is 0 Å². The Bertz CT molecular complexity index is 971. The van der Waals surface area contributed by atoms with Crippen molar-refractivity contribution >= 4 is 35.6 Å². The third-order valence-corrected chi connectivity index (χ3v) is 5.31. The maximum Gasteiger partial charge on any atom is 0.326 e. The number of aliphatic hydroxyl groups is 1. The first-order valence-corrected chi connectivity index (χ1v) is 11.4. The molecule has 0 fully saturated rings. The first kappa shape index (κ1) is 31.0. The number of aliphatic hydroxyl groups excluding tert-OH is 1. The van der Waals surface area contributed by atoms with Gasteiger partial charge in [-0.25, -0.2) is 4.79 Å². The fraction of sp³-hybridized carbons (Fsp3) is 0.478. The van der Waals surface area contributed by atoms with Gasteiger partial charge >= 0.3 is 11.9 Å². The van der Waals surface area contributed by atoms with Gasteiger partial charge in [0.15, 0.2) is 0 Å². The Kier molecular flexibility index (Phi) is 12.7. The number of aliphatic carboxylic acids is 2. The summed E-state index contributed by atoms with van der Waals surface area (Å²) in [4.78, 5) is 72.0. The molecule has 0 radical (unpaired) electrons. The van der Waals surface area contributed by atoms with E-state index in [0.29, 0.717) is 5.56 Å². The third-order valence-electron chi connectivity index (χ3n) is 5.31. The van der Waals surface area contributed by atoms with Crippen molar-refractivity contribution in [3.05, 3.63) is 35.9 Å². The van der Waals surface area contributed by atoms with Crippen LogP contribution in [0.4, 0.5) is 0 Å². The van der Waals surface area contributed by atoms with Gasteiger partial charge in [0.05, 0.1) is 6.10 Å². The monoisotopic (exact) mass is 523 g/mol. The van der Waals surface area contributed by atoms with Crippen LogP contribution in [0.2, 0.25) is 0 Å². The van der Waals surface area contributed by atoms with Gasteiger partial charge in [-0.2, -0.15) is 0 Å². The van der Waals surface area contributed by atoms with Crippen LogP contribution in [0.1, 0.15) is 38.2 Å². The Morgan fingerprint density at radius 3 is 1.84 bits per heavy atom. The van der Waals surface area contributed by atoms with Gasteiger partial charge < -0.3 is 42.7 Å². The van der Waals surface area contributed by atoms with Crippen molar-refractivity contribution in [1.29, 1.82) is 0 Å². The second-order valence-corrected chi connectivity index (χ2v) is 8.42. The van der Waals surface area contributed by atoms with Crippen LogP contribution in [-0.2, 0) is 35.2 Å². The molecule has 10 N–H and O–H groups in total. The highest BCUT2D eigenvalue weighted by Crippen LogP contribution is 2.07. The van der Waals surface area contributed by atoms with Crippen LogP contribution >= 0.6 is 0 Å². The van der Waals surface area contributed by atoms with E-state index in [1.165, 1.54) is 6.92 Å². The summed E-state index contributed by atoms with van der Waals surface area (Å²) in [6, 6.07) is 2.89. The number of hydrogen-bond donors (Lipinski definition) is 8. The standard InChI is InChI=1S/C23H33N5O9/c1-12(29)19(25)22(35)28-16(11-13-5-3-2-4-6-13)21(34)26-14(8-10-18(31)32)20(33)27-15(23(36)37)7-9-17(24)30/h2-6,12,14-16,19,29H,7-11,25H2,1H3,(H2,24,30)(H,26,34)(H,27,33)(H,28,35)(H,31,32)(H,36,37). The first-order valence-electron chi connectivity index (χ1n) is 11.4. The van der Waals surface area contributed by atoms with Gasteiger partial charge in [0, 0.05) is 19.3 Å². The molecule has 5 atom stereocenters. The molecule has 0 aromatic heterocycles. The highest BCUT2D eigenvalue weighted by molar-refractivity contribution is 5.94. The molecule has 204 valence electrons. The summed E-state index contributed by atoms with van der Waals surface area (Å²) >= 11 is 0. The molecule has 5 unspecified atom stereocenters. The number of amides is 4. The van der Waals surface area contributed by atoms with Gasteiger partial charge in [0.1, 0.15) is 24.2 Å². The summed E-state index contributed by atoms with van der Waals surface area (Å²) in [6.07, 6.45) is -2.84. The Morgan fingerprint density at radius 2 is 1.32 bits per heavy atom. The van der Waals surface area contributed by atoms with Crippen molar-refractivity contribution in [2.75, 3.05) is 0 Å². The second-order valence-electron chi connectivity index (χ2n) is 8.42. The van der Waals surface area contributed by atoms with E-state index in [2.05, 4.69) is 16.0 Å². The zero-order chi connectivity index (χ0) is 28.1. The molecule has 0 bridgehead atoms. The number of nitrogens with two attached hydrogens (primary N) is 2. The number of rotatable bonds is 16. The molecule has 0 saturated carbocycles. The minimum atomic E-state index is -1.52. The number of benzene rings is 1. The largest absolute Gasteiger partial charge is 0.481 e. The number of carboxylic acid groups (broad SMARTS) is 2. The van der Waals surface area contributed by atoms with Crippen LogP contribution in [-0.4, -0.2) is 81.2 Å². The molecule has 0 saturated heterocycles. The summed E-state index contributed by atoms with van der Waals surface area (Å²) in [5.41, 5.74) is 11.3. The van der Waals surface area contributed by atoms with Crippen LogP contribution in [0, 0.1) is 0 Å². The topological polar surface area (TPSA) is 251 Å². The van der Waals surface area contributed by atoms with Crippen LogP contribution in [0.15, 0.2) is 30.3 Å².